The van der Waals surface area contributed by atoms with Crippen molar-refractivity contribution in [3.05, 3.63) is 111 Å². The van der Waals surface area contributed by atoms with Gasteiger partial charge < -0.3 is 4.90 Å². The van der Waals surface area contributed by atoms with Crippen molar-refractivity contribution in [2.75, 3.05) is 18.0 Å². The first-order chi connectivity index (χ1) is 17.3. The number of unbranched alkanes of at least 4 members (excludes halogenated alkanes) is 1. The van der Waals surface area contributed by atoms with E-state index in [0.717, 1.165) is 0 Å². The number of nitrogens with zero attached hydrogens (tertiary/aromatic N) is 3. The van der Waals surface area contributed by atoms with Crippen molar-refractivity contribution in [2.45, 2.75) is 12.8 Å². The summed E-state index contributed by atoms with van der Waals surface area (Å²) in [5.41, 5.74) is 1.92. The van der Waals surface area contributed by atoms with Crippen LogP contribution in [0.4, 0.5) is 11.4 Å². The Kier molecular flexibility index (Phi) is 7.56. The first-order valence-corrected chi connectivity index (χ1v) is 11.7. The van der Waals surface area contributed by atoms with E-state index < -0.39 is 4.92 Å². The molecule has 3 aromatic carbocycles. The lowest BCUT2D eigenvalue weighted by atomic mass is 10.1. The number of halogens is 1. The third-order valence-electron chi connectivity index (χ3n) is 5.80. The molecule has 1 heterocycles. The van der Waals surface area contributed by atoms with E-state index in [9.17, 15) is 24.5 Å². The molecule has 1 aliphatic rings. The van der Waals surface area contributed by atoms with Crippen LogP contribution in [0.3, 0.4) is 0 Å². The average Bonchev–Trinajstić information content (AvgIpc) is 3.13. The average molecular weight is 504 g/mol. The highest BCUT2D eigenvalue weighted by molar-refractivity contribution is 6.30. The van der Waals surface area contributed by atoms with Crippen molar-refractivity contribution in [3.8, 4) is 0 Å². The number of benzene rings is 3. The van der Waals surface area contributed by atoms with Crippen molar-refractivity contribution in [1.29, 1.82) is 0 Å². The van der Waals surface area contributed by atoms with E-state index in [1.807, 2.05) is 0 Å². The predicted molar refractivity (Wildman–Crippen MR) is 137 cm³/mol. The first kappa shape index (κ1) is 24.8. The number of hydrogen-bond acceptors (Lipinski definition) is 5. The Balaban J connectivity index is 1.42. The Labute approximate surface area is 212 Å². The van der Waals surface area contributed by atoms with E-state index in [1.165, 1.54) is 29.2 Å². The number of anilines is 1. The van der Waals surface area contributed by atoms with E-state index >= 15 is 0 Å². The molecule has 0 unspecified atom stereocenters. The Bertz CT molecular complexity index is 1320. The van der Waals surface area contributed by atoms with Crippen LogP contribution in [0, 0.1) is 10.1 Å². The third kappa shape index (κ3) is 5.50. The van der Waals surface area contributed by atoms with E-state index in [4.69, 9.17) is 11.6 Å². The van der Waals surface area contributed by atoms with Crippen LogP contribution in [0.15, 0.2) is 78.9 Å². The second-order valence-corrected chi connectivity index (χ2v) is 8.60. The van der Waals surface area contributed by atoms with Crippen LogP contribution in [0.5, 0.6) is 0 Å². The van der Waals surface area contributed by atoms with Crippen molar-refractivity contribution in [2.24, 2.45) is 0 Å². The number of nitro benzene ring substituents is 1. The summed E-state index contributed by atoms with van der Waals surface area (Å²) in [7, 11) is 0. The van der Waals surface area contributed by atoms with Crippen LogP contribution in [-0.2, 0) is 4.79 Å². The molecule has 0 aliphatic carbocycles. The number of fused-ring (bicyclic) bond motifs is 1. The molecule has 36 heavy (non-hydrogen) atoms. The van der Waals surface area contributed by atoms with Gasteiger partial charge in [0.25, 0.3) is 23.4 Å². The minimum atomic E-state index is -0.493. The SMILES string of the molecule is O=C1c2ccccc2C(=O)N1CCCCN(C(=O)/C=C/c1cccc([N+](=O)[O-])c1)c1ccc(Cl)cc1. The van der Waals surface area contributed by atoms with Gasteiger partial charge in [-0.15, -0.1) is 0 Å². The molecule has 3 aromatic rings. The van der Waals surface area contributed by atoms with Gasteiger partial charge in [0.05, 0.1) is 16.1 Å². The number of imide groups is 1. The number of nitro groups is 1. The van der Waals surface area contributed by atoms with Gasteiger partial charge in [0, 0.05) is 42.0 Å². The summed E-state index contributed by atoms with van der Waals surface area (Å²) in [4.78, 5) is 51.5. The summed E-state index contributed by atoms with van der Waals surface area (Å²) in [5, 5.41) is 11.5. The molecule has 0 radical (unpaired) electrons. The van der Waals surface area contributed by atoms with Gasteiger partial charge in [-0.1, -0.05) is 35.9 Å². The van der Waals surface area contributed by atoms with Gasteiger partial charge in [-0.25, -0.2) is 0 Å². The van der Waals surface area contributed by atoms with E-state index in [2.05, 4.69) is 0 Å². The lowest BCUT2D eigenvalue weighted by Crippen LogP contribution is -2.33. The maximum Gasteiger partial charge on any atom is 0.270 e. The van der Waals surface area contributed by atoms with Crippen LogP contribution in [0.1, 0.15) is 39.1 Å². The number of hydrogen-bond donors (Lipinski definition) is 0. The molecule has 9 heteroatoms. The fourth-order valence-corrected chi connectivity index (χ4v) is 4.10. The summed E-state index contributed by atoms with van der Waals surface area (Å²) in [6.45, 7) is 0.585. The summed E-state index contributed by atoms with van der Waals surface area (Å²) < 4.78 is 0. The number of rotatable bonds is 9. The number of non-ortho nitro benzene ring substituents is 1. The minimum Gasteiger partial charge on any atom is -0.309 e. The van der Waals surface area contributed by atoms with Gasteiger partial charge in [0.1, 0.15) is 0 Å². The van der Waals surface area contributed by atoms with Gasteiger partial charge in [-0.2, -0.15) is 0 Å². The molecule has 0 bridgehead atoms. The normalized spacial score (nSPS) is 12.8. The highest BCUT2D eigenvalue weighted by Gasteiger charge is 2.34. The zero-order valence-electron chi connectivity index (χ0n) is 19.2. The molecule has 0 N–H and O–H groups in total. The van der Waals surface area contributed by atoms with Crippen LogP contribution in [0.2, 0.25) is 5.02 Å². The van der Waals surface area contributed by atoms with Gasteiger partial charge >= 0.3 is 0 Å². The van der Waals surface area contributed by atoms with Gasteiger partial charge in [0.2, 0.25) is 0 Å². The van der Waals surface area contributed by atoms with Crippen molar-refractivity contribution < 1.29 is 19.3 Å². The Morgan fingerprint density at radius 3 is 2.25 bits per heavy atom. The third-order valence-corrected chi connectivity index (χ3v) is 6.05. The van der Waals surface area contributed by atoms with Crippen molar-refractivity contribution >= 4 is 46.8 Å². The predicted octanol–water partition coefficient (Wildman–Crippen LogP) is 5.37. The molecule has 4 rings (SSSR count). The lowest BCUT2D eigenvalue weighted by Gasteiger charge is -2.22. The maximum absolute atomic E-state index is 13.1. The summed E-state index contributed by atoms with van der Waals surface area (Å²) in [6, 6.07) is 19.6. The number of carbonyl (C=O) groups is 3. The minimum absolute atomic E-state index is 0.0627. The highest BCUT2D eigenvalue weighted by atomic mass is 35.5. The number of carbonyl (C=O) groups excluding carboxylic acids is 3. The van der Waals surface area contributed by atoms with Crippen molar-refractivity contribution in [1.82, 2.24) is 4.90 Å². The van der Waals surface area contributed by atoms with Crippen LogP contribution >= 0.6 is 11.6 Å². The maximum atomic E-state index is 13.1. The smallest absolute Gasteiger partial charge is 0.270 e. The zero-order valence-corrected chi connectivity index (χ0v) is 19.9. The monoisotopic (exact) mass is 503 g/mol. The van der Waals surface area contributed by atoms with Crippen LogP contribution in [0.25, 0.3) is 6.08 Å². The van der Waals surface area contributed by atoms with Crippen molar-refractivity contribution in [3.63, 3.8) is 0 Å². The summed E-state index contributed by atoms with van der Waals surface area (Å²) in [6.07, 6.45) is 3.93. The van der Waals surface area contributed by atoms with E-state index in [1.54, 1.807) is 65.6 Å². The molecule has 0 saturated carbocycles. The Morgan fingerprint density at radius 1 is 0.944 bits per heavy atom. The fraction of sp³-hybridized carbons (Fsp3) is 0.148. The van der Waals surface area contributed by atoms with Gasteiger partial charge in [-0.05, 0) is 60.9 Å². The molecule has 182 valence electrons. The summed E-state index contributed by atoms with van der Waals surface area (Å²) in [5.74, 6) is -0.924. The first-order valence-electron chi connectivity index (χ1n) is 11.3. The van der Waals surface area contributed by atoms with Crippen LogP contribution in [-0.4, -0.2) is 40.6 Å². The number of amides is 3. The van der Waals surface area contributed by atoms with Gasteiger partial charge in [-0.3, -0.25) is 29.4 Å². The van der Waals surface area contributed by atoms with E-state index in [-0.39, 0.29) is 30.0 Å². The fourth-order valence-electron chi connectivity index (χ4n) is 3.97. The van der Waals surface area contributed by atoms with Crippen LogP contribution < -0.4 is 4.90 Å². The largest absolute Gasteiger partial charge is 0.309 e. The van der Waals surface area contributed by atoms with E-state index in [0.29, 0.717) is 46.8 Å². The highest BCUT2D eigenvalue weighted by Crippen LogP contribution is 2.24. The molecule has 3 amide bonds. The summed E-state index contributed by atoms with van der Waals surface area (Å²) >= 11 is 6.00. The standard InChI is InChI=1S/C27H22ClN3O5/c28-20-11-13-21(14-12-20)29(25(32)15-10-19-6-5-7-22(18-19)31(35)36)16-3-4-17-30-26(33)23-8-1-2-9-24(23)27(30)34/h1-2,5-15,18H,3-4,16-17H2/b15-10+. The van der Waals surface area contributed by atoms with Gasteiger partial charge in [0.15, 0.2) is 0 Å². The molecule has 0 fully saturated rings. The molecule has 0 spiro atoms. The molecule has 0 aromatic heterocycles. The Hall–Kier alpha value is -4.30. The molecular formula is C27H22ClN3O5. The molecular weight excluding hydrogens is 482 g/mol. The quantitative estimate of drug-likeness (QED) is 0.128. The second kappa shape index (κ2) is 11.0. The molecule has 0 atom stereocenters. The second-order valence-electron chi connectivity index (χ2n) is 8.17. The lowest BCUT2D eigenvalue weighted by molar-refractivity contribution is -0.384. The topological polar surface area (TPSA) is 101 Å². The molecule has 0 saturated heterocycles. The Morgan fingerprint density at radius 2 is 1.61 bits per heavy atom. The molecule has 8 nitrogen and oxygen atoms in total. The zero-order chi connectivity index (χ0) is 25.7. The molecule has 1 aliphatic heterocycles.